The van der Waals surface area contributed by atoms with E-state index in [0.717, 1.165) is 35.3 Å². The Morgan fingerprint density at radius 2 is 1.80 bits per heavy atom. The number of likely N-dealkylation sites (tertiary alicyclic amines) is 1. The number of benzene rings is 2. The fourth-order valence-electron chi connectivity index (χ4n) is 3.93. The average molecular weight is 408 g/mol. The summed E-state index contributed by atoms with van der Waals surface area (Å²) in [6.07, 6.45) is 1.69. The van der Waals surface area contributed by atoms with Crippen molar-refractivity contribution in [3.05, 3.63) is 70.3 Å². The number of unbranched alkanes of at least 4 members (excludes halogenated alkanes) is 1. The minimum atomic E-state index is -0.636. The zero-order valence-electron chi connectivity index (χ0n) is 18.1. The number of Topliss-reactive ketones (excluding diaryl/α,β-unsaturated/α-hetero) is 1. The molecule has 2 aromatic carbocycles. The Kier molecular flexibility index (Phi) is 6.60. The van der Waals surface area contributed by atoms with Crippen molar-refractivity contribution in [2.24, 2.45) is 0 Å². The first-order valence-electron chi connectivity index (χ1n) is 10.5. The van der Waals surface area contributed by atoms with Crippen LogP contribution in [0.2, 0.25) is 0 Å². The summed E-state index contributed by atoms with van der Waals surface area (Å²) in [5.74, 6) is -0.607. The lowest BCUT2D eigenvalue weighted by Gasteiger charge is -2.26. The largest absolute Gasteiger partial charge is 0.507 e. The highest BCUT2D eigenvalue weighted by atomic mass is 16.5. The van der Waals surface area contributed by atoms with Gasteiger partial charge in [-0.15, -0.1) is 0 Å². The number of amides is 1. The number of hydrogen-bond donors (Lipinski definition) is 1. The molecule has 1 amide bonds. The van der Waals surface area contributed by atoms with Gasteiger partial charge in [-0.05, 0) is 62.1 Å². The van der Waals surface area contributed by atoms with Crippen molar-refractivity contribution in [3.63, 3.8) is 0 Å². The molecule has 0 radical (unpaired) electrons. The fourth-order valence-corrected chi connectivity index (χ4v) is 3.93. The Hall–Kier alpha value is -3.08. The van der Waals surface area contributed by atoms with Crippen LogP contribution in [0, 0.1) is 13.8 Å². The van der Waals surface area contributed by atoms with Crippen molar-refractivity contribution in [1.29, 1.82) is 0 Å². The van der Waals surface area contributed by atoms with E-state index in [9.17, 15) is 14.7 Å². The molecule has 3 rings (SSSR count). The van der Waals surface area contributed by atoms with Crippen LogP contribution in [-0.4, -0.2) is 34.8 Å². The van der Waals surface area contributed by atoms with E-state index in [4.69, 9.17) is 4.74 Å². The van der Waals surface area contributed by atoms with Gasteiger partial charge < -0.3 is 14.7 Å². The third-order valence-electron chi connectivity index (χ3n) is 5.52. The van der Waals surface area contributed by atoms with E-state index in [2.05, 4.69) is 0 Å². The standard InChI is InChI=1S/C25H29NO4/c1-5-7-14-26-22(19-11-9-8-10-16(19)3)21(24(28)25(26)29)23(27)18-12-13-20(30-6-2)17(4)15-18/h8-13,15,22,27H,5-7,14H2,1-4H3/b23-21+. The molecular formula is C25H29NO4. The van der Waals surface area contributed by atoms with E-state index >= 15 is 0 Å². The molecule has 5 heteroatoms. The molecule has 0 saturated carbocycles. The molecule has 0 spiro atoms. The van der Waals surface area contributed by atoms with Gasteiger partial charge in [0.25, 0.3) is 11.7 Å². The van der Waals surface area contributed by atoms with Crippen LogP contribution < -0.4 is 4.74 Å². The minimum Gasteiger partial charge on any atom is -0.507 e. The summed E-state index contributed by atoms with van der Waals surface area (Å²) in [5, 5.41) is 11.2. The zero-order chi connectivity index (χ0) is 21.8. The lowest BCUT2D eigenvalue weighted by atomic mass is 9.92. The second-order valence-corrected chi connectivity index (χ2v) is 7.62. The van der Waals surface area contributed by atoms with Crippen molar-refractivity contribution < 1.29 is 19.4 Å². The predicted octanol–water partition coefficient (Wildman–Crippen LogP) is 4.92. The molecule has 1 unspecified atom stereocenters. The first kappa shape index (κ1) is 21.6. The van der Waals surface area contributed by atoms with Crippen LogP contribution in [0.15, 0.2) is 48.0 Å². The molecule has 1 heterocycles. The van der Waals surface area contributed by atoms with Gasteiger partial charge >= 0.3 is 0 Å². The number of carbonyl (C=O) groups excluding carboxylic acids is 2. The van der Waals surface area contributed by atoms with Crippen LogP contribution in [-0.2, 0) is 9.59 Å². The molecule has 1 saturated heterocycles. The average Bonchev–Trinajstić information content (AvgIpc) is 2.98. The first-order chi connectivity index (χ1) is 14.4. The van der Waals surface area contributed by atoms with Crippen molar-refractivity contribution >= 4 is 17.4 Å². The number of hydrogen-bond acceptors (Lipinski definition) is 4. The quantitative estimate of drug-likeness (QED) is 0.402. The Morgan fingerprint density at radius 3 is 2.43 bits per heavy atom. The molecule has 2 aromatic rings. The molecule has 1 N–H and O–H groups in total. The summed E-state index contributed by atoms with van der Waals surface area (Å²) < 4.78 is 5.58. The zero-order valence-corrected chi connectivity index (χ0v) is 18.1. The summed E-state index contributed by atoms with van der Waals surface area (Å²) in [6.45, 7) is 8.81. The highest BCUT2D eigenvalue weighted by molar-refractivity contribution is 6.46. The van der Waals surface area contributed by atoms with E-state index in [-0.39, 0.29) is 11.3 Å². The van der Waals surface area contributed by atoms with Crippen LogP contribution in [0.3, 0.4) is 0 Å². The lowest BCUT2D eigenvalue weighted by Crippen LogP contribution is -2.30. The summed E-state index contributed by atoms with van der Waals surface area (Å²) >= 11 is 0. The molecule has 0 bridgehead atoms. The summed E-state index contributed by atoms with van der Waals surface area (Å²) in [6, 6.07) is 12.4. The normalized spacial score (nSPS) is 18.1. The molecule has 1 fully saturated rings. The predicted molar refractivity (Wildman–Crippen MR) is 117 cm³/mol. The van der Waals surface area contributed by atoms with Gasteiger partial charge in [0.05, 0.1) is 18.2 Å². The Balaban J connectivity index is 2.16. The van der Waals surface area contributed by atoms with Crippen molar-refractivity contribution in [2.75, 3.05) is 13.2 Å². The Labute approximate surface area is 178 Å². The number of aliphatic hydroxyl groups excluding tert-OH is 1. The van der Waals surface area contributed by atoms with Gasteiger partial charge in [0.2, 0.25) is 0 Å². The summed E-state index contributed by atoms with van der Waals surface area (Å²) in [5.41, 5.74) is 3.34. The monoisotopic (exact) mass is 407 g/mol. The van der Waals surface area contributed by atoms with E-state index in [1.165, 1.54) is 0 Å². The SMILES string of the molecule is CCCCN1C(=O)C(=O)/C(=C(/O)c2ccc(OCC)c(C)c2)C1c1ccccc1C. The van der Waals surface area contributed by atoms with E-state index < -0.39 is 17.7 Å². The van der Waals surface area contributed by atoms with Crippen molar-refractivity contribution in [3.8, 4) is 5.75 Å². The van der Waals surface area contributed by atoms with Gasteiger partial charge in [-0.2, -0.15) is 0 Å². The second-order valence-electron chi connectivity index (χ2n) is 7.62. The number of aryl methyl sites for hydroxylation is 2. The van der Waals surface area contributed by atoms with Gasteiger partial charge in [-0.3, -0.25) is 9.59 Å². The van der Waals surface area contributed by atoms with Gasteiger partial charge in [-0.25, -0.2) is 0 Å². The van der Waals surface area contributed by atoms with Gasteiger partial charge in [-0.1, -0.05) is 37.6 Å². The van der Waals surface area contributed by atoms with Gasteiger partial charge in [0, 0.05) is 12.1 Å². The number of ether oxygens (including phenoxy) is 1. The molecule has 158 valence electrons. The van der Waals surface area contributed by atoms with Crippen LogP contribution in [0.1, 0.15) is 55.0 Å². The topological polar surface area (TPSA) is 66.8 Å². The molecule has 1 aliphatic rings. The van der Waals surface area contributed by atoms with Crippen LogP contribution in [0.25, 0.3) is 5.76 Å². The molecule has 30 heavy (non-hydrogen) atoms. The highest BCUT2D eigenvalue weighted by Crippen LogP contribution is 2.41. The van der Waals surface area contributed by atoms with Crippen molar-refractivity contribution in [2.45, 2.75) is 46.6 Å². The van der Waals surface area contributed by atoms with Gasteiger partial charge in [0.1, 0.15) is 11.5 Å². The third-order valence-corrected chi connectivity index (χ3v) is 5.52. The maximum atomic E-state index is 13.0. The summed E-state index contributed by atoms with van der Waals surface area (Å²) in [7, 11) is 0. The lowest BCUT2D eigenvalue weighted by molar-refractivity contribution is -0.139. The molecule has 5 nitrogen and oxygen atoms in total. The van der Waals surface area contributed by atoms with E-state index in [1.54, 1.807) is 23.1 Å². The van der Waals surface area contributed by atoms with Crippen LogP contribution >= 0.6 is 0 Å². The van der Waals surface area contributed by atoms with E-state index in [1.807, 2.05) is 52.0 Å². The number of aliphatic hydroxyl groups is 1. The first-order valence-corrected chi connectivity index (χ1v) is 10.5. The fraction of sp³-hybridized carbons (Fsp3) is 0.360. The van der Waals surface area contributed by atoms with Crippen LogP contribution in [0.5, 0.6) is 5.75 Å². The number of carbonyl (C=O) groups is 2. The molecule has 0 aliphatic carbocycles. The van der Waals surface area contributed by atoms with Crippen molar-refractivity contribution in [1.82, 2.24) is 4.90 Å². The number of rotatable bonds is 7. The van der Waals surface area contributed by atoms with E-state index in [0.29, 0.717) is 18.7 Å². The Morgan fingerprint density at radius 1 is 1.07 bits per heavy atom. The summed E-state index contributed by atoms with van der Waals surface area (Å²) in [4.78, 5) is 27.5. The highest BCUT2D eigenvalue weighted by Gasteiger charge is 2.46. The van der Waals surface area contributed by atoms with Crippen LogP contribution in [0.4, 0.5) is 0 Å². The molecule has 1 aliphatic heterocycles. The molecule has 1 atom stereocenters. The number of nitrogens with zero attached hydrogens (tertiary/aromatic N) is 1. The second kappa shape index (κ2) is 9.16. The maximum absolute atomic E-state index is 13.0. The minimum absolute atomic E-state index is 0.147. The molecule has 0 aromatic heterocycles. The Bertz CT molecular complexity index is 992. The molecular weight excluding hydrogens is 378 g/mol. The number of ketones is 1. The smallest absolute Gasteiger partial charge is 0.295 e. The third kappa shape index (κ3) is 3.97. The van der Waals surface area contributed by atoms with Gasteiger partial charge in [0.15, 0.2) is 0 Å². The maximum Gasteiger partial charge on any atom is 0.295 e.